The highest BCUT2D eigenvalue weighted by molar-refractivity contribution is 6.04. The minimum absolute atomic E-state index is 0.0342. The van der Waals surface area contributed by atoms with E-state index in [4.69, 9.17) is 9.47 Å². The summed E-state index contributed by atoms with van der Waals surface area (Å²) >= 11 is 0. The van der Waals surface area contributed by atoms with Crippen molar-refractivity contribution in [2.24, 2.45) is 0 Å². The SMILES string of the molecule is BN1CCc2cc3c(cc2C(C)C1)N(CCCOC)C(=O)CO3. The van der Waals surface area contributed by atoms with Crippen molar-refractivity contribution >= 4 is 19.6 Å². The van der Waals surface area contributed by atoms with Gasteiger partial charge in [0.15, 0.2) is 14.6 Å². The van der Waals surface area contributed by atoms with E-state index in [1.807, 2.05) is 4.90 Å². The van der Waals surface area contributed by atoms with Crippen LogP contribution < -0.4 is 9.64 Å². The van der Waals surface area contributed by atoms with Crippen molar-refractivity contribution in [2.45, 2.75) is 25.7 Å². The molecule has 0 saturated carbocycles. The number of benzene rings is 1. The summed E-state index contributed by atoms with van der Waals surface area (Å²) in [5.41, 5.74) is 3.63. The van der Waals surface area contributed by atoms with Crippen LogP contribution in [-0.4, -0.2) is 58.7 Å². The van der Waals surface area contributed by atoms with Crippen molar-refractivity contribution in [2.75, 3.05) is 44.9 Å². The lowest BCUT2D eigenvalue weighted by Crippen LogP contribution is -2.40. The van der Waals surface area contributed by atoms with Crippen LogP contribution in [0.15, 0.2) is 12.1 Å². The van der Waals surface area contributed by atoms with E-state index in [1.54, 1.807) is 7.11 Å². The lowest BCUT2D eigenvalue weighted by atomic mass is 9.93. The van der Waals surface area contributed by atoms with Gasteiger partial charge in [0.2, 0.25) is 0 Å². The van der Waals surface area contributed by atoms with E-state index in [1.165, 1.54) is 11.1 Å². The maximum absolute atomic E-state index is 12.3. The van der Waals surface area contributed by atoms with E-state index < -0.39 is 0 Å². The van der Waals surface area contributed by atoms with Gasteiger partial charge in [-0.2, -0.15) is 0 Å². The Morgan fingerprint density at radius 3 is 3.04 bits per heavy atom. The van der Waals surface area contributed by atoms with E-state index in [2.05, 4.69) is 31.8 Å². The second kappa shape index (κ2) is 6.93. The number of carbonyl (C=O) groups is 1. The molecule has 1 unspecified atom stereocenters. The highest BCUT2D eigenvalue weighted by Gasteiger charge is 2.28. The Kier molecular flexibility index (Phi) is 4.92. The van der Waals surface area contributed by atoms with Crippen LogP contribution >= 0.6 is 0 Å². The number of methoxy groups -OCH3 is 1. The Balaban J connectivity index is 1.93. The van der Waals surface area contributed by atoms with Gasteiger partial charge >= 0.3 is 0 Å². The summed E-state index contributed by atoms with van der Waals surface area (Å²) in [6, 6.07) is 4.33. The molecule has 3 rings (SSSR count). The van der Waals surface area contributed by atoms with Crippen molar-refractivity contribution in [1.29, 1.82) is 0 Å². The fourth-order valence-corrected chi connectivity index (χ4v) is 3.56. The summed E-state index contributed by atoms with van der Waals surface area (Å²) in [5.74, 6) is 1.34. The molecule has 0 spiro atoms. The molecule has 6 heteroatoms. The molecule has 2 aliphatic heterocycles. The molecular formula is C17H25BN2O3. The molecule has 1 atom stereocenters. The van der Waals surface area contributed by atoms with Crippen molar-refractivity contribution in [3.63, 3.8) is 0 Å². The number of carbonyl (C=O) groups excluding carboxylic acids is 1. The highest BCUT2D eigenvalue weighted by Crippen LogP contribution is 2.38. The lowest BCUT2D eigenvalue weighted by Gasteiger charge is -2.31. The van der Waals surface area contributed by atoms with Crippen LogP contribution in [0.2, 0.25) is 0 Å². The third-order valence-electron chi connectivity index (χ3n) is 4.77. The minimum atomic E-state index is 0.0342. The molecule has 1 amide bonds. The maximum Gasteiger partial charge on any atom is 0.265 e. The zero-order valence-corrected chi connectivity index (χ0v) is 14.3. The summed E-state index contributed by atoms with van der Waals surface area (Å²) < 4.78 is 10.8. The first-order valence-electron chi connectivity index (χ1n) is 8.37. The molecule has 2 heterocycles. The Labute approximate surface area is 139 Å². The number of ether oxygens (including phenoxy) is 2. The standard InChI is InChI=1S/C17H25BN2O3/c1-12-10-19(18)6-4-13-8-16-15(9-14(12)13)20(5-3-7-22-2)17(21)11-23-16/h8-9,12H,3-7,10-11,18H2,1-2H3. The van der Waals surface area contributed by atoms with E-state index in [9.17, 15) is 4.79 Å². The van der Waals surface area contributed by atoms with Crippen LogP contribution in [0.3, 0.4) is 0 Å². The van der Waals surface area contributed by atoms with Crippen LogP contribution in [0.25, 0.3) is 0 Å². The maximum atomic E-state index is 12.3. The Bertz CT molecular complexity index is 593. The third-order valence-corrected chi connectivity index (χ3v) is 4.77. The van der Waals surface area contributed by atoms with Gasteiger partial charge in [-0.3, -0.25) is 4.79 Å². The van der Waals surface area contributed by atoms with E-state index >= 15 is 0 Å². The van der Waals surface area contributed by atoms with Crippen LogP contribution in [0, 0.1) is 0 Å². The largest absolute Gasteiger partial charge is 0.482 e. The first kappa shape index (κ1) is 16.3. The van der Waals surface area contributed by atoms with Gasteiger partial charge in [0.1, 0.15) is 5.75 Å². The van der Waals surface area contributed by atoms with Gasteiger partial charge < -0.3 is 19.2 Å². The monoisotopic (exact) mass is 316 g/mol. The first-order valence-corrected chi connectivity index (χ1v) is 8.37. The molecular weight excluding hydrogens is 291 g/mol. The first-order chi connectivity index (χ1) is 11.1. The Morgan fingerprint density at radius 2 is 2.26 bits per heavy atom. The lowest BCUT2D eigenvalue weighted by molar-refractivity contribution is -0.121. The third kappa shape index (κ3) is 3.38. The zero-order chi connectivity index (χ0) is 16.4. The summed E-state index contributed by atoms with van der Waals surface area (Å²) in [7, 11) is 3.85. The van der Waals surface area contributed by atoms with Crippen LogP contribution in [-0.2, 0) is 16.0 Å². The number of nitrogens with zero attached hydrogens (tertiary/aromatic N) is 2. The molecule has 5 nitrogen and oxygen atoms in total. The smallest absolute Gasteiger partial charge is 0.265 e. The Hall–Kier alpha value is -1.53. The molecule has 1 aromatic carbocycles. The average molecular weight is 316 g/mol. The number of fused-ring (bicyclic) bond motifs is 2. The van der Waals surface area contributed by atoms with Crippen molar-refractivity contribution in [3.8, 4) is 5.75 Å². The summed E-state index contributed by atoms with van der Waals surface area (Å²) in [4.78, 5) is 16.5. The molecule has 23 heavy (non-hydrogen) atoms. The van der Waals surface area contributed by atoms with Crippen LogP contribution in [0.4, 0.5) is 5.69 Å². The molecule has 0 fully saturated rings. The fourth-order valence-electron chi connectivity index (χ4n) is 3.56. The Morgan fingerprint density at radius 1 is 1.43 bits per heavy atom. The number of amides is 1. The predicted molar refractivity (Wildman–Crippen MR) is 93.0 cm³/mol. The van der Waals surface area contributed by atoms with Gasteiger partial charge in [-0.15, -0.1) is 0 Å². The predicted octanol–water partition coefficient (Wildman–Crippen LogP) is 0.958. The summed E-state index contributed by atoms with van der Waals surface area (Å²) in [5, 5.41) is 0. The number of hydrogen-bond donors (Lipinski definition) is 0. The molecule has 0 bridgehead atoms. The van der Waals surface area contributed by atoms with Gasteiger partial charge in [0.25, 0.3) is 5.91 Å². The molecule has 2 aliphatic rings. The fraction of sp³-hybridized carbons (Fsp3) is 0.588. The number of hydrogen-bond acceptors (Lipinski definition) is 4. The van der Waals surface area contributed by atoms with E-state index in [0.29, 0.717) is 19.1 Å². The number of anilines is 1. The molecule has 0 aliphatic carbocycles. The van der Waals surface area contributed by atoms with Crippen molar-refractivity contribution < 1.29 is 14.3 Å². The molecule has 0 N–H and O–H groups in total. The molecule has 124 valence electrons. The second-order valence-corrected chi connectivity index (χ2v) is 6.61. The van der Waals surface area contributed by atoms with Gasteiger partial charge in [-0.25, -0.2) is 0 Å². The van der Waals surface area contributed by atoms with E-state index in [-0.39, 0.29) is 12.5 Å². The normalized spacial score (nSPS) is 21.4. The zero-order valence-electron chi connectivity index (χ0n) is 14.3. The topological polar surface area (TPSA) is 42.0 Å². The van der Waals surface area contributed by atoms with E-state index in [0.717, 1.165) is 37.4 Å². The van der Waals surface area contributed by atoms with Crippen LogP contribution in [0.1, 0.15) is 30.4 Å². The molecule has 0 radical (unpaired) electrons. The molecule has 0 saturated heterocycles. The summed E-state index contributed by atoms with van der Waals surface area (Å²) in [6.07, 6.45) is 1.86. The molecule has 0 aromatic heterocycles. The van der Waals surface area contributed by atoms with Gasteiger partial charge in [-0.1, -0.05) is 6.92 Å². The van der Waals surface area contributed by atoms with Gasteiger partial charge in [0, 0.05) is 20.3 Å². The highest BCUT2D eigenvalue weighted by atomic mass is 16.5. The average Bonchev–Trinajstić information content (AvgIpc) is 2.67. The van der Waals surface area contributed by atoms with Crippen molar-refractivity contribution in [3.05, 3.63) is 23.3 Å². The second-order valence-electron chi connectivity index (χ2n) is 6.61. The molecule has 1 aromatic rings. The van der Waals surface area contributed by atoms with Gasteiger partial charge in [-0.05, 0) is 55.1 Å². The number of rotatable bonds is 4. The van der Waals surface area contributed by atoms with Gasteiger partial charge in [0.05, 0.1) is 5.69 Å². The summed E-state index contributed by atoms with van der Waals surface area (Å²) in [6.45, 7) is 5.83. The quantitative estimate of drug-likeness (QED) is 0.613. The minimum Gasteiger partial charge on any atom is -0.482 e. The van der Waals surface area contributed by atoms with Crippen molar-refractivity contribution in [1.82, 2.24) is 4.81 Å². The van der Waals surface area contributed by atoms with Crippen LogP contribution in [0.5, 0.6) is 5.75 Å².